The number of guanidine groups is 3. The Balaban J connectivity index is 0.956. The fourth-order valence-corrected chi connectivity index (χ4v) is 13.9. The quantitative estimate of drug-likeness (QED) is 0.0147. The second kappa shape index (κ2) is 39.9. The van der Waals surface area contributed by atoms with E-state index in [9.17, 15) is 19.5 Å². The predicted molar refractivity (Wildman–Crippen MR) is 431 cm³/mol. The van der Waals surface area contributed by atoms with Gasteiger partial charge in [0.1, 0.15) is 48.3 Å². The molecule has 0 spiro atoms. The largest absolute Gasteiger partial charge is 0.480 e. The summed E-state index contributed by atoms with van der Waals surface area (Å²) in [7, 11) is 0. The van der Waals surface area contributed by atoms with Crippen LogP contribution in [-0.4, -0.2) is 182 Å². The molecule has 34 nitrogen and oxygen atoms in total. The second-order valence-electron chi connectivity index (χ2n) is 28.0. The molecular formula is C79H100N24O10. The zero-order chi connectivity index (χ0) is 80.5. The summed E-state index contributed by atoms with van der Waals surface area (Å²) in [6.07, 6.45) is 8.88. The highest BCUT2D eigenvalue weighted by Gasteiger charge is 2.37. The van der Waals surface area contributed by atoms with Crippen LogP contribution in [0.25, 0.3) is 54.5 Å². The van der Waals surface area contributed by atoms with Gasteiger partial charge in [-0.2, -0.15) is 0 Å². The Kier molecular flexibility index (Phi) is 29.1. The molecule has 30 N–H and O–H groups in total. The van der Waals surface area contributed by atoms with Crippen LogP contribution >= 0.6 is 0 Å². The van der Waals surface area contributed by atoms with Gasteiger partial charge in [-0.25, -0.2) is 4.79 Å². The molecule has 0 saturated heterocycles. The number of carbonyl (C=O) groups excluding carboxylic acids is 8. The lowest BCUT2D eigenvalue weighted by atomic mass is 9.99. The van der Waals surface area contributed by atoms with E-state index in [4.69, 9.17) is 44.9 Å². The SMILES string of the molecule is N=C(N)NCCC[C@H](NC(=O)[C@H](CCCNC(=N)N)NC(=O)[C@H](Cc1c[nH]c2ccccc12)NC(=O)[C@H](Cc1c[nH]c2ccccc12)NC(=O)[C@H](CCCCN)NC(=O)[C@H](Cc1c[nH]c2ccccc12)NC(=O)[C@H](Cc1c[nH]c2ccccc12)NC(=O)[C@H](CCCNC(=N)N)NC(=O)[C@@H](N)Cc1c[nH]c2ccccc12)C(=O)O. The molecule has 0 saturated carbocycles. The van der Waals surface area contributed by atoms with Crippen molar-refractivity contribution in [2.24, 2.45) is 28.7 Å². The number of aromatic nitrogens is 5. The monoisotopic (exact) mass is 1540 g/mol. The minimum atomic E-state index is -1.52. The van der Waals surface area contributed by atoms with E-state index in [0.29, 0.717) is 61.4 Å². The summed E-state index contributed by atoms with van der Waals surface area (Å²) >= 11 is 0. The zero-order valence-corrected chi connectivity index (χ0v) is 62.4. The number of nitrogens with one attached hydrogen (secondary N) is 19. The first-order valence-corrected chi connectivity index (χ1v) is 37.6. The standard InChI is InChI=1S/C79H100N24O10/c80-30-12-11-26-60(70(106)100-66(37-47-42-94-58-24-9-4-19-52(47)58)74(110)103-65(36-46-41-93-57-23-8-3-18-51(46)57)73(109)98-62(28-14-32-89-78(84)85)69(105)99-63(76(112)113)29-15-33-90-79(86)87)97-72(108)64(35-45-40-92-56-22-7-2-17-50(45)56)102-75(111)67(38-48-43-95-59-25-10-5-20-53(48)59)101-71(107)61(27-13-31-88-77(82)83)96-68(104)54(81)34-44-39-91-55-21-6-1-16-49(44)55/h1-10,16-25,39-43,54,60-67,91-95H,11-15,26-38,80-81H2,(H,96,104)(H,97,108)(H,98,109)(H,99,105)(H,100,106)(H,101,107)(H,102,111)(H,103,110)(H,112,113)(H4,82,83,88)(H4,84,85,89)(H4,86,87,90)/t54-,60-,61-,62-,63-,64-,65-,66-,67-/m0/s1. The van der Waals surface area contributed by atoms with Crippen LogP contribution < -0.4 is 87.2 Å². The normalized spacial score (nSPS) is 13.8. The van der Waals surface area contributed by atoms with Crippen molar-refractivity contribution in [3.63, 3.8) is 0 Å². The maximum absolute atomic E-state index is 15.7. The van der Waals surface area contributed by atoms with Gasteiger partial charge in [-0.1, -0.05) is 91.0 Å². The van der Waals surface area contributed by atoms with Crippen LogP contribution in [0.15, 0.2) is 152 Å². The average Bonchev–Trinajstić information content (AvgIpc) is 1.66. The molecule has 8 amide bonds. The summed E-state index contributed by atoms with van der Waals surface area (Å²) in [4.78, 5) is 150. The van der Waals surface area contributed by atoms with Crippen molar-refractivity contribution in [3.05, 3.63) is 180 Å². The van der Waals surface area contributed by atoms with Crippen LogP contribution in [0.5, 0.6) is 0 Å². The Hall–Kier alpha value is -13.2. The molecule has 5 aromatic carbocycles. The molecule has 0 unspecified atom stereocenters. The summed E-state index contributed by atoms with van der Waals surface area (Å²) in [5, 5.41) is 67.6. The highest BCUT2D eigenvalue weighted by atomic mass is 16.4. The van der Waals surface area contributed by atoms with Gasteiger partial charge in [0.2, 0.25) is 47.3 Å². The Morgan fingerprint density at radius 1 is 0.319 bits per heavy atom. The number of aromatic amines is 5. The van der Waals surface area contributed by atoms with E-state index in [1.807, 2.05) is 109 Å². The van der Waals surface area contributed by atoms with Gasteiger partial charge >= 0.3 is 5.97 Å². The van der Waals surface area contributed by atoms with Gasteiger partial charge in [-0.15, -0.1) is 0 Å². The van der Waals surface area contributed by atoms with Crippen LogP contribution in [-0.2, 0) is 75.3 Å². The molecule has 0 aliphatic heterocycles. The van der Waals surface area contributed by atoms with Crippen LogP contribution in [0.4, 0.5) is 0 Å². The average molecular weight is 1550 g/mol. The van der Waals surface area contributed by atoms with E-state index >= 15 is 28.8 Å². The summed E-state index contributed by atoms with van der Waals surface area (Å²) < 4.78 is 0. The highest BCUT2D eigenvalue weighted by molar-refractivity contribution is 6.00. The van der Waals surface area contributed by atoms with Crippen molar-refractivity contribution in [2.45, 2.75) is 144 Å². The number of H-pyrrole nitrogens is 5. The van der Waals surface area contributed by atoms with Gasteiger partial charge in [-0.05, 0) is 129 Å². The number of rotatable bonds is 43. The molecule has 0 aliphatic rings. The summed E-state index contributed by atoms with van der Waals surface area (Å²) in [6, 6.07) is 24.0. The number of hydrogen-bond donors (Lipinski definition) is 25. The number of carboxylic acid groups (broad SMARTS) is 1. The number of para-hydroxylation sites is 5. The number of carboxylic acids is 1. The molecule has 10 aromatic rings. The van der Waals surface area contributed by atoms with Crippen LogP contribution in [0.2, 0.25) is 0 Å². The Morgan fingerprint density at radius 3 is 0.823 bits per heavy atom. The van der Waals surface area contributed by atoms with E-state index in [2.05, 4.69) is 83.4 Å². The van der Waals surface area contributed by atoms with Gasteiger partial charge in [0.15, 0.2) is 17.9 Å². The van der Waals surface area contributed by atoms with Gasteiger partial charge in [0.25, 0.3) is 0 Å². The van der Waals surface area contributed by atoms with Crippen molar-refractivity contribution in [1.29, 1.82) is 16.2 Å². The van der Waals surface area contributed by atoms with E-state index in [1.54, 1.807) is 43.1 Å². The first-order chi connectivity index (χ1) is 54.5. The number of hydrogen-bond acceptors (Lipinski definition) is 14. The van der Waals surface area contributed by atoms with Gasteiger partial charge < -0.3 is 117 Å². The molecular weight excluding hydrogens is 1450 g/mol. The topological polar surface area (TPSA) is 587 Å². The van der Waals surface area contributed by atoms with Gasteiger partial charge in [0.05, 0.1) is 6.04 Å². The van der Waals surface area contributed by atoms with Gasteiger partial charge in [-0.3, -0.25) is 54.6 Å². The predicted octanol–water partition coefficient (Wildman–Crippen LogP) is 1.82. The molecule has 10 rings (SSSR count). The minimum Gasteiger partial charge on any atom is -0.480 e. The van der Waals surface area contributed by atoms with Crippen molar-refractivity contribution < 1.29 is 48.3 Å². The summed E-state index contributed by atoms with van der Waals surface area (Å²) in [5.74, 6) is -8.94. The molecule has 34 heteroatoms. The molecule has 113 heavy (non-hydrogen) atoms. The van der Waals surface area contributed by atoms with Crippen LogP contribution in [0.3, 0.4) is 0 Å². The highest BCUT2D eigenvalue weighted by Crippen LogP contribution is 2.26. The molecule has 9 atom stereocenters. The number of carbonyl (C=O) groups is 9. The van der Waals surface area contributed by atoms with Gasteiger partial charge in [0, 0.05) is 131 Å². The fraction of sp³-hybridized carbons (Fsp3) is 0.342. The molecule has 0 aliphatic carbocycles. The van der Waals surface area contributed by atoms with Crippen LogP contribution in [0, 0.1) is 16.2 Å². The number of aliphatic carboxylic acids is 1. The maximum Gasteiger partial charge on any atom is 0.326 e. The Morgan fingerprint density at radius 2 is 0.549 bits per heavy atom. The fourth-order valence-electron chi connectivity index (χ4n) is 13.9. The zero-order valence-electron chi connectivity index (χ0n) is 62.4. The number of amides is 8. The molecule has 5 aromatic heterocycles. The van der Waals surface area contributed by atoms with Crippen molar-refractivity contribution in [3.8, 4) is 0 Å². The Bertz CT molecular complexity index is 5020. The van der Waals surface area contributed by atoms with E-state index in [0.717, 1.165) is 27.4 Å². The third kappa shape index (κ3) is 22.9. The number of unbranched alkanes of at least 4 members (excludes halogenated alkanes) is 1. The summed E-state index contributed by atoms with van der Waals surface area (Å²) in [5.41, 5.74) is 36.1. The van der Waals surface area contributed by atoms with Crippen molar-refractivity contribution in [2.75, 3.05) is 26.2 Å². The molecule has 0 bridgehead atoms. The minimum absolute atomic E-state index is 0.00382. The lowest BCUT2D eigenvalue weighted by Crippen LogP contribution is -2.61. The smallest absolute Gasteiger partial charge is 0.326 e. The number of fused-ring (bicyclic) bond motifs is 5. The number of nitrogens with two attached hydrogens (primary N) is 5. The lowest BCUT2D eigenvalue weighted by molar-refractivity contribution is -0.142. The summed E-state index contributed by atoms with van der Waals surface area (Å²) in [6.45, 7) is 0.556. The first kappa shape index (κ1) is 82.3. The third-order valence-electron chi connectivity index (χ3n) is 19.8. The Labute approximate surface area is 649 Å². The second-order valence-corrected chi connectivity index (χ2v) is 28.0. The molecule has 0 radical (unpaired) electrons. The maximum atomic E-state index is 15.7. The van der Waals surface area contributed by atoms with Crippen molar-refractivity contribution >= 4 is 126 Å². The number of benzene rings is 5. The molecule has 0 fully saturated rings. The molecule has 5 heterocycles. The lowest BCUT2D eigenvalue weighted by Gasteiger charge is -2.28. The van der Waals surface area contributed by atoms with E-state index in [-0.39, 0.29) is 128 Å². The third-order valence-corrected chi connectivity index (χ3v) is 19.8. The van der Waals surface area contributed by atoms with Crippen LogP contribution in [0.1, 0.15) is 85.6 Å². The molecule has 596 valence electrons. The first-order valence-electron chi connectivity index (χ1n) is 37.6. The van der Waals surface area contributed by atoms with E-state index in [1.165, 1.54) is 0 Å². The van der Waals surface area contributed by atoms with E-state index < -0.39 is 108 Å². The van der Waals surface area contributed by atoms with Crippen molar-refractivity contribution in [1.82, 2.24) is 83.4 Å².